The molecule has 164 valence electrons. The van der Waals surface area contributed by atoms with Gasteiger partial charge in [0.2, 0.25) is 5.91 Å². The third-order valence-corrected chi connectivity index (χ3v) is 5.08. The van der Waals surface area contributed by atoms with Crippen LogP contribution in [0.2, 0.25) is 5.02 Å². The molecule has 0 saturated carbocycles. The summed E-state index contributed by atoms with van der Waals surface area (Å²) in [6.07, 6.45) is 14.1. The van der Waals surface area contributed by atoms with Gasteiger partial charge in [0.25, 0.3) is 5.91 Å². The average molecular weight is 425 g/mol. The Morgan fingerprint density at radius 1 is 0.862 bits per heavy atom. The fourth-order valence-electron chi connectivity index (χ4n) is 3.11. The lowest BCUT2D eigenvalue weighted by Gasteiger charge is -2.10. The van der Waals surface area contributed by atoms with Crippen molar-refractivity contribution in [3.63, 3.8) is 0 Å². The summed E-state index contributed by atoms with van der Waals surface area (Å²) in [7, 11) is 0. The predicted octanol–water partition coefficient (Wildman–Crippen LogP) is 5.88. The second kappa shape index (κ2) is 16.1. The van der Waals surface area contributed by atoms with Gasteiger partial charge in [-0.2, -0.15) is 0 Å². The number of hydrogen-bond donors (Lipinski definition) is 2. The van der Waals surface area contributed by atoms with Gasteiger partial charge in [0.1, 0.15) is 5.75 Å². The average Bonchev–Trinajstić information content (AvgIpc) is 2.69. The van der Waals surface area contributed by atoms with E-state index < -0.39 is 5.91 Å². The van der Waals surface area contributed by atoms with Gasteiger partial charge in [-0.1, -0.05) is 82.7 Å². The van der Waals surface area contributed by atoms with Crippen molar-refractivity contribution in [2.24, 2.45) is 0 Å². The van der Waals surface area contributed by atoms with Crippen LogP contribution in [0.1, 0.15) is 89.5 Å². The van der Waals surface area contributed by atoms with Crippen molar-refractivity contribution >= 4 is 23.4 Å². The largest absolute Gasteiger partial charge is 0.483 e. The minimum absolute atomic E-state index is 0.165. The van der Waals surface area contributed by atoms with Crippen molar-refractivity contribution in [1.82, 2.24) is 10.9 Å². The molecule has 1 aromatic carbocycles. The standard InChI is InChI=1S/C23H37ClN2O3/c1-3-4-5-6-7-8-9-10-11-12-13-14-22(27)25-26-23(28)18-29-21-16-15-20(24)17-19(21)2/h15-17H,3-14,18H2,1-2H3,(H,25,27)(H,26,28). The monoisotopic (exact) mass is 424 g/mol. The van der Waals surface area contributed by atoms with E-state index in [9.17, 15) is 9.59 Å². The fraction of sp³-hybridized carbons (Fsp3) is 0.652. The molecule has 5 nitrogen and oxygen atoms in total. The maximum atomic E-state index is 11.8. The van der Waals surface area contributed by atoms with E-state index in [0.717, 1.165) is 18.4 Å². The highest BCUT2D eigenvalue weighted by molar-refractivity contribution is 6.30. The SMILES string of the molecule is CCCCCCCCCCCCCC(=O)NNC(=O)COc1ccc(Cl)cc1C. The van der Waals surface area contributed by atoms with E-state index in [1.54, 1.807) is 18.2 Å². The number of benzene rings is 1. The molecule has 29 heavy (non-hydrogen) atoms. The van der Waals surface area contributed by atoms with Crippen LogP contribution in [0.25, 0.3) is 0 Å². The molecule has 0 radical (unpaired) electrons. The normalized spacial score (nSPS) is 10.6. The van der Waals surface area contributed by atoms with Gasteiger partial charge in [-0.3, -0.25) is 20.4 Å². The molecular weight excluding hydrogens is 388 g/mol. The first kappa shape index (κ1) is 25.3. The van der Waals surface area contributed by atoms with Crippen LogP contribution in [-0.2, 0) is 9.59 Å². The van der Waals surface area contributed by atoms with Gasteiger partial charge in [-0.15, -0.1) is 0 Å². The molecule has 0 atom stereocenters. The van der Waals surface area contributed by atoms with Gasteiger partial charge >= 0.3 is 0 Å². The fourth-order valence-corrected chi connectivity index (χ4v) is 3.33. The van der Waals surface area contributed by atoms with Crippen molar-refractivity contribution in [3.05, 3.63) is 28.8 Å². The number of aryl methyl sites for hydroxylation is 1. The van der Waals surface area contributed by atoms with Crippen LogP contribution in [0.5, 0.6) is 5.75 Å². The Balaban J connectivity index is 1.97. The summed E-state index contributed by atoms with van der Waals surface area (Å²) in [5.41, 5.74) is 5.67. The number of carbonyl (C=O) groups is 2. The minimum Gasteiger partial charge on any atom is -0.483 e. The van der Waals surface area contributed by atoms with E-state index in [1.165, 1.54) is 57.8 Å². The van der Waals surface area contributed by atoms with Crippen LogP contribution in [0.3, 0.4) is 0 Å². The summed E-state index contributed by atoms with van der Waals surface area (Å²) < 4.78 is 5.44. The zero-order chi connectivity index (χ0) is 21.3. The van der Waals surface area contributed by atoms with Gasteiger partial charge in [-0.05, 0) is 37.1 Å². The van der Waals surface area contributed by atoms with Gasteiger partial charge in [-0.25, -0.2) is 0 Å². The van der Waals surface area contributed by atoms with Gasteiger partial charge in [0.05, 0.1) is 0 Å². The zero-order valence-corrected chi connectivity index (χ0v) is 18.8. The molecular formula is C23H37ClN2O3. The third-order valence-electron chi connectivity index (χ3n) is 4.84. The van der Waals surface area contributed by atoms with Crippen LogP contribution in [0.4, 0.5) is 0 Å². The van der Waals surface area contributed by atoms with Crippen molar-refractivity contribution in [2.75, 3.05) is 6.61 Å². The highest BCUT2D eigenvalue weighted by Crippen LogP contribution is 2.21. The quantitative estimate of drug-likeness (QED) is 0.273. The molecule has 1 rings (SSSR count). The molecule has 0 unspecified atom stereocenters. The van der Waals surface area contributed by atoms with Crippen molar-refractivity contribution in [2.45, 2.75) is 90.9 Å². The summed E-state index contributed by atoms with van der Waals surface area (Å²) in [6.45, 7) is 3.93. The van der Waals surface area contributed by atoms with Crippen LogP contribution in [0, 0.1) is 6.92 Å². The molecule has 1 aromatic rings. The molecule has 0 saturated heterocycles. The number of nitrogens with one attached hydrogen (secondary N) is 2. The first-order valence-electron chi connectivity index (χ1n) is 11.0. The highest BCUT2D eigenvalue weighted by atomic mass is 35.5. The van der Waals surface area contributed by atoms with E-state index in [1.807, 2.05) is 6.92 Å². The molecule has 0 heterocycles. The number of halogens is 1. The third kappa shape index (κ3) is 13.2. The molecule has 0 aromatic heterocycles. The van der Waals surface area contributed by atoms with E-state index in [-0.39, 0.29) is 12.5 Å². The van der Waals surface area contributed by atoms with Gasteiger partial charge < -0.3 is 4.74 Å². The maximum absolute atomic E-state index is 11.8. The minimum atomic E-state index is -0.397. The number of carbonyl (C=O) groups excluding carboxylic acids is 2. The molecule has 0 fully saturated rings. The Bertz CT molecular complexity index is 608. The lowest BCUT2D eigenvalue weighted by atomic mass is 10.1. The van der Waals surface area contributed by atoms with Crippen LogP contribution < -0.4 is 15.6 Å². The second-order valence-corrected chi connectivity index (χ2v) is 8.02. The molecule has 2 N–H and O–H groups in total. The number of hydrazine groups is 1. The first-order valence-corrected chi connectivity index (χ1v) is 11.4. The Labute approximate surface area is 180 Å². The summed E-state index contributed by atoms with van der Waals surface area (Å²) in [5.74, 6) is 0.0282. The molecule has 0 spiro atoms. The number of ether oxygens (including phenoxy) is 1. The molecule has 0 bridgehead atoms. The molecule has 0 aliphatic heterocycles. The first-order chi connectivity index (χ1) is 14.0. The zero-order valence-electron chi connectivity index (χ0n) is 18.0. The van der Waals surface area contributed by atoms with E-state index >= 15 is 0 Å². The smallest absolute Gasteiger partial charge is 0.276 e. The topological polar surface area (TPSA) is 67.4 Å². The van der Waals surface area contributed by atoms with E-state index in [0.29, 0.717) is 17.2 Å². The van der Waals surface area contributed by atoms with Gasteiger partial charge in [0, 0.05) is 11.4 Å². The molecule has 6 heteroatoms. The summed E-state index contributed by atoms with van der Waals surface area (Å²) >= 11 is 5.89. The number of unbranched alkanes of at least 4 members (excludes halogenated alkanes) is 10. The van der Waals surface area contributed by atoms with Crippen LogP contribution in [0.15, 0.2) is 18.2 Å². The molecule has 0 aliphatic rings. The number of amides is 2. The Hall–Kier alpha value is -1.75. The Morgan fingerprint density at radius 3 is 2.00 bits per heavy atom. The van der Waals surface area contributed by atoms with Crippen molar-refractivity contribution in [3.8, 4) is 5.75 Å². The van der Waals surface area contributed by atoms with Crippen molar-refractivity contribution in [1.29, 1.82) is 0 Å². The maximum Gasteiger partial charge on any atom is 0.276 e. The lowest BCUT2D eigenvalue weighted by Crippen LogP contribution is -2.43. The van der Waals surface area contributed by atoms with Crippen molar-refractivity contribution < 1.29 is 14.3 Å². The molecule has 2 amide bonds. The number of hydrogen-bond acceptors (Lipinski definition) is 3. The Kier molecular flexibility index (Phi) is 14.0. The summed E-state index contributed by atoms with van der Waals surface area (Å²) in [5, 5.41) is 0.619. The van der Waals surface area contributed by atoms with Gasteiger partial charge in [0.15, 0.2) is 6.61 Å². The Morgan fingerprint density at radius 2 is 1.41 bits per heavy atom. The summed E-state index contributed by atoms with van der Waals surface area (Å²) in [4.78, 5) is 23.6. The predicted molar refractivity (Wildman–Crippen MR) is 119 cm³/mol. The van der Waals surface area contributed by atoms with Crippen LogP contribution >= 0.6 is 11.6 Å². The van der Waals surface area contributed by atoms with E-state index in [2.05, 4.69) is 17.8 Å². The summed E-state index contributed by atoms with van der Waals surface area (Å²) in [6, 6.07) is 5.19. The van der Waals surface area contributed by atoms with E-state index in [4.69, 9.17) is 16.3 Å². The highest BCUT2D eigenvalue weighted by Gasteiger charge is 2.07. The molecule has 0 aliphatic carbocycles. The lowest BCUT2D eigenvalue weighted by molar-refractivity contribution is -0.130. The number of rotatable bonds is 15. The second-order valence-electron chi connectivity index (χ2n) is 7.58. The van der Waals surface area contributed by atoms with Crippen LogP contribution in [-0.4, -0.2) is 18.4 Å².